The average Bonchev–Trinajstić information content (AvgIpc) is 2.43. The van der Waals surface area contributed by atoms with Crippen LogP contribution in [0.2, 0.25) is 10.0 Å². The minimum atomic E-state index is -4.37. The summed E-state index contributed by atoms with van der Waals surface area (Å²) in [5.41, 5.74) is 0.356. The highest BCUT2D eigenvalue weighted by Gasteiger charge is 2.30. The maximum Gasteiger partial charge on any atom is 0.416 e. The summed E-state index contributed by atoms with van der Waals surface area (Å²) in [6.45, 7) is 0.157. The van der Waals surface area contributed by atoms with E-state index in [2.05, 4.69) is 10.6 Å². The molecule has 0 aliphatic carbocycles. The maximum atomic E-state index is 12.6. The van der Waals surface area contributed by atoms with Gasteiger partial charge in [0.25, 0.3) is 0 Å². The van der Waals surface area contributed by atoms with E-state index in [0.717, 1.165) is 12.1 Å². The molecule has 0 saturated heterocycles. The lowest BCUT2D eigenvalue weighted by molar-refractivity contribution is -0.137. The summed E-state index contributed by atoms with van der Waals surface area (Å²) in [4.78, 5) is 0. The smallest absolute Gasteiger partial charge is 0.358 e. The van der Waals surface area contributed by atoms with Crippen LogP contribution in [0.4, 0.5) is 18.9 Å². The van der Waals surface area contributed by atoms with E-state index in [9.17, 15) is 13.2 Å². The quantitative estimate of drug-likeness (QED) is 0.689. The Labute approximate surface area is 146 Å². The summed E-state index contributed by atoms with van der Waals surface area (Å²) in [6, 6.07) is 9.87. The van der Waals surface area contributed by atoms with Gasteiger partial charge in [-0.1, -0.05) is 35.3 Å². The molecule has 0 heterocycles. The van der Waals surface area contributed by atoms with Crippen LogP contribution in [-0.2, 0) is 12.7 Å². The molecule has 0 radical (unpaired) electrons. The van der Waals surface area contributed by atoms with Crippen molar-refractivity contribution in [1.82, 2.24) is 5.32 Å². The normalized spacial score (nSPS) is 11.2. The molecule has 0 bridgehead atoms. The highest BCUT2D eigenvalue weighted by Crippen LogP contribution is 2.29. The Morgan fingerprint density at radius 3 is 2.30 bits per heavy atom. The van der Waals surface area contributed by atoms with E-state index in [4.69, 9.17) is 35.4 Å². The summed E-state index contributed by atoms with van der Waals surface area (Å²) in [5.74, 6) is 0. The van der Waals surface area contributed by atoms with E-state index in [1.54, 1.807) is 24.3 Å². The van der Waals surface area contributed by atoms with Crippen molar-refractivity contribution in [2.45, 2.75) is 12.7 Å². The number of rotatable bonds is 3. The van der Waals surface area contributed by atoms with Crippen LogP contribution >= 0.6 is 35.4 Å². The molecule has 122 valence electrons. The van der Waals surface area contributed by atoms with Crippen molar-refractivity contribution in [3.05, 3.63) is 63.6 Å². The second kappa shape index (κ2) is 7.38. The predicted octanol–water partition coefficient (Wildman–Crippen LogP) is 5.50. The fraction of sp³-hybridized carbons (Fsp3) is 0.133. The summed E-state index contributed by atoms with van der Waals surface area (Å²) >= 11 is 16.8. The van der Waals surface area contributed by atoms with E-state index < -0.39 is 11.7 Å². The van der Waals surface area contributed by atoms with Gasteiger partial charge in [0.2, 0.25) is 0 Å². The molecule has 0 aliphatic rings. The number of hydrogen-bond acceptors (Lipinski definition) is 1. The van der Waals surface area contributed by atoms with Crippen LogP contribution in [0.25, 0.3) is 0 Å². The topological polar surface area (TPSA) is 24.1 Å². The first-order chi connectivity index (χ1) is 10.7. The molecule has 8 heteroatoms. The fourth-order valence-electron chi connectivity index (χ4n) is 1.84. The highest BCUT2D eigenvalue weighted by molar-refractivity contribution is 7.80. The van der Waals surface area contributed by atoms with Crippen LogP contribution in [0.5, 0.6) is 0 Å². The van der Waals surface area contributed by atoms with E-state index >= 15 is 0 Å². The van der Waals surface area contributed by atoms with E-state index in [-0.39, 0.29) is 11.7 Å². The van der Waals surface area contributed by atoms with Gasteiger partial charge in [-0.25, -0.2) is 0 Å². The monoisotopic (exact) mass is 378 g/mol. The molecule has 0 amide bonds. The molecule has 2 aromatic carbocycles. The molecule has 0 saturated carbocycles. The second-order valence-electron chi connectivity index (χ2n) is 4.66. The lowest BCUT2D eigenvalue weighted by Gasteiger charge is -2.12. The molecule has 2 nitrogen and oxygen atoms in total. The second-order valence-corrected chi connectivity index (χ2v) is 5.95. The first-order valence-electron chi connectivity index (χ1n) is 6.41. The predicted molar refractivity (Wildman–Crippen MR) is 91.0 cm³/mol. The van der Waals surface area contributed by atoms with Gasteiger partial charge in [-0.2, -0.15) is 13.2 Å². The lowest BCUT2D eigenvalue weighted by atomic mass is 10.1. The molecule has 23 heavy (non-hydrogen) atoms. The average molecular weight is 379 g/mol. The van der Waals surface area contributed by atoms with Gasteiger partial charge in [0.05, 0.1) is 5.56 Å². The number of thiocarbonyl (C=S) groups is 1. The summed E-state index contributed by atoms with van der Waals surface area (Å²) in [6.07, 6.45) is -4.37. The van der Waals surface area contributed by atoms with Crippen molar-refractivity contribution in [3.63, 3.8) is 0 Å². The number of anilines is 1. The number of alkyl halides is 3. The van der Waals surface area contributed by atoms with Crippen molar-refractivity contribution in [1.29, 1.82) is 0 Å². The summed E-state index contributed by atoms with van der Waals surface area (Å²) in [5, 5.41) is 6.84. The SMILES string of the molecule is FC(F)(F)c1cccc(CNC(=S)Nc2cc(Cl)cc(Cl)c2)c1. The first kappa shape index (κ1) is 17.8. The van der Waals surface area contributed by atoms with Gasteiger partial charge < -0.3 is 10.6 Å². The highest BCUT2D eigenvalue weighted by atomic mass is 35.5. The van der Waals surface area contributed by atoms with Gasteiger partial charge in [-0.05, 0) is 48.1 Å². The Hall–Kier alpha value is -1.50. The third-order valence-electron chi connectivity index (χ3n) is 2.83. The van der Waals surface area contributed by atoms with Crippen molar-refractivity contribution in [2.75, 3.05) is 5.32 Å². The van der Waals surface area contributed by atoms with Crippen LogP contribution < -0.4 is 10.6 Å². The summed E-state index contributed by atoms with van der Waals surface area (Å²) < 4.78 is 37.9. The molecule has 0 aromatic heterocycles. The Morgan fingerprint density at radius 1 is 1.04 bits per heavy atom. The molecule has 0 spiro atoms. The van der Waals surface area contributed by atoms with Crippen LogP contribution in [0, 0.1) is 0 Å². The minimum absolute atomic E-state index is 0.157. The van der Waals surface area contributed by atoms with Crippen LogP contribution in [0.15, 0.2) is 42.5 Å². The van der Waals surface area contributed by atoms with Crippen molar-refractivity contribution in [3.8, 4) is 0 Å². The molecule has 0 atom stereocenters. The molecular weight excluding hydrogens is 368 g/mol. The first-order valence-corrected chi connectivity index (χ1v) is 7.57. The van der Waals surface area contributed by atoms with E-state index in [1.165, 1.54) is 6.07 Å². The van der Waals surface area contributed by atoms with Crippen molar-refractivity contribution < 1.29 is 13.2 Å². The van der Waals surface area contributed by atoms with Gasteiger partial charge in [0.1, 0.15) is 0 Å². The Balaban J connectivity index is 1.97. The molecule has 0 fully saturated rings. The standard InChI is InChI=1S/C15H11Cl2F3N2S/c16-11-5-12(17)7-13(6-11)22-14(23)21-8-9-2-1-3-10(4-9)15(18,19)20/h1-7H,8H2,(H2,21,22,23). The zero-order valence-corrected chi connectivity index (χ0v) is 13.9. The summed E-state index contributed by atoms with van der Waals surface area (Å²) in [7, 11) is 0. The van der Waals surface area contributed by atoms with Crippen LogP contribution in [-0.4, -0.2) is 5.11 Å². The van der Waals surface area contributed by atoms with Crippen LogP contribution in [0.1, 0.15) is 11.1 Å². The molecule has 0 unspecified atom stereocenters. The Morgan fingerprint density at radius 2 is 1.70 bits per heavy atom. The molecular formula is C15H11Cl2F3N2S. The molecule has 0 aliphatic heterocycles. The fourth-order valence-corrected chi connectivity index (χ4v) is 2.56. The number of benzene rings is 2. The third kappa shape index (κ3) is 5.57. The minimum Gasteiger partial charge on any atom is -0.358 e. The number of halogens is 5. The largest absolute Gasteiger partial charge is 0.416 e. The number of nitrogens with one attached hydrogen (secondary N) is 2. The van der Waals surface area contributed by atoms with Crippen LogP contribution in [0.3, 0.4) is 0 Å². The zero-order valence-electron chi connectivity index (χ0n) is 11.5. The molecule has 2 aromatic rings. The Kier molecular flexibility index (Phi) is 5.73. The van der Waals surface area contributed by atoms with E-state index in [0.29, 0.717) is 21.3 Å². The van der Waals surface area contributed by atoms with Gasteiger partial charge in [-0.3, -0.25) is 0 Å². The molecule has 2 rings (SSSR count). The van der Waals surface area contributed by atoms with Crippen molar-refractivity contribution in [2.24, 2.45) is 0 Å². The third-order valence-corrected chi connectivity index (χ3v) is 3.51. The van der Waals surface area contributed by atoms with Gasteiger partial charge in [0.15, 0.2) is 5.11 Å². The van der Waals surface area contributed by atoms with E-state index in [1.807, 2.05) is 0 Å². The molecule has 2 N–H and O–H groups in total. The van der Waals surface area contributed by atoms with Gasteiger partial charge >= 0.3 is 6.18 Å². The van der Waals surface area contributed by atoms with Crippen molar-refractivity contribution >= 4 is 46.2 Å². The maximum absolute atomic E-state index is 12.6. The lowest BCUT2D eigenvalue weighted by Crippen LogP contribution is -2.28. The van der Waals surface area contributed by atoms with Gasteiger partial charge in [0, 0.05) is 22.3 Å². The van der Waals surface area contributed by atoms with Gasteiger partial charge in [-0.15, -0.1) is 0 Å². The Bertz CT molecular complexity index is 700. The number of hydrogen-bond donors (Lipinski definition) is 2. The zero-order chi connectivity index (χ0) is 17.0.